The summed E-state index contributed by atoms with van der Waals surface area (Å²) in [5.74, 6) is 0. The molecule has 5 nitrogen and oxygen atoms in total. The van der Waals surface area contributed by atoms with Gasteiger partial charge in [0.2, 0.25) is 0 Å². The van der Waals surface area contributed by atoms with Crippen LogP contribution >= 0.6 is 0 Å². The highest BCUT2D eigenvalue weighted by molar-refractivity contribution is 5.61. The Morgan fingerprint density at radius 2 is 2.21 bits per heavy atom. The van der Waals surface area contributed by atoms with Gasteiger partial charge in [-0.2, -0.15) is 5.10 Å². The molecule has 2 fully saturated rings. The third-order valence-electron chi connectivity index (χ3n) is 5.89. The fourth-order valence-electron chi connectivity index (χ4n) is 4.61. The molecule has 1 spiro atoms. The zero-order chi connectivity index (χ0) is 16.4. The molecule has 2 saturated carbocycles. The number of rotatable bonds is 6. The second kappa shape index (κ2) is 6.65. The molecule has 2 N–H and O–H groups in total. The average Bonchev–Trinajstić information content (AvgIpc) is 3.29. The predicted molar refractivity (Wildman–Crippen MR) is 93.4 cm³/mol. The van der Waals surface area contributed by atoms with Gasteiger partial charge in [-0.1, -0.05) is 12.8 Å². The quantitative estimate of drug-likeness (QED) is 0.855. The summed E-state index contributed by atoms with van der Waals surface area (Å²) >= 11 is 0. The van der Waals surface area contributed by atoms with Gasteiger partial charge >= 0.3 is 0 Å². The molecule has 0 aromatic carbocycles. The van der Waals surface area contributed by atoms with E-state index in [1.807, 2.05) is 18.5 Å². The molecule has 0 amide bonds. The molecule has 2 aromatic rings. The largest absolute Gasteiger partial charge is 0.378 e. The molecule has 0 saturated heterocycles. The van der Waals surface area contributed by atoms with E-state index >= 15 is 0 Å². The summed E-state index contributed by atoms with van der Waals surface area (Å²) in [6.45, 7) is 3.77. The third kappa shape index (κ3) is 2.66. The van der Waals surface area contributed by atoms with Gasteiger partial charge in [0.15, 0.2) is 0 Å². The van der Waals surface area contributed by atoms with Gasteiger partial charge in [-0.25, -0.2) is 0 Å². The number of H-pyrrole nitrogens is 1. The Kier molecular flexibility index (Phi) is 4.37. The molecule has 0 radical (unpaired) electrons. The number of pyridine rings is 1. The Balaban J connectivity index is 1.44. The summed E-state index contributed by atoms with van der Waals surface area (Å²) in [4.78, 5) is 4.21. The highest BCUT2D eigenvalue weighted by atomic mass is 16.5. The van der Waals surface area contributed by atoms with E-state index in [1.165, 1.54) is 31.2 Å². The number of aromatic nitrogens is 3. The van der Waals surface area contributed by atoms with E-state index in [9.17, 15) is 0 Å². The highest BCUT2D eigenvalue weighted by Gasteiger charge is 2.56. The molecule has 4 rings (SSSR count). The van der Waals surface area contributed by atoms with Crippen molar-refractivity contribution in [2.75, 3.05) is 6.61 Å². The summed E-state index contributed by atoms with van der Waals surface area (Å²) < 4.78 is 6.01. The Morgan fingerprint density at radius 3 is 2.96 bits per heavy atom. The zero-order valence-corrected chi connectivity index (χ0v) is 14.3. The second-order valence-electron chi connectivity index (χ2n) is 7.07. The average molecular weight is 326 g/mol. The number of nitrogens with one attached hydrogen (secondary N) is 2. The smallest absolute Gasteiger partial charge is 0.0710 e. The van der Waals surface area contributed by atoms with E-state index in [2.05, 4.69) is 33.5 Å². The van der Waals surface area contributed by atoms with Gasteiger partial charge in [0.05, 0.1) is 18.0 Å². The minimum absolute atomic E-state index is 0.369. The van der Waals surface area contributed by atoms with Crippen molar-refractivity contribution in [1.82, 2.24) is 20.5 Å². The van der Waals surface area contributed by atoms with Crippen molar-refractivity contribution in [1.29, 1.82) is 0 Å². The molecule has 2 aliphatic rings. The molecule has 24 heavy (non-hydrogen) atoms. The first-order valence-electron chi connectivity index (χ1n) is 9.11. The summed E-state index contributed by atoms with van der Waals surface area (Å²) in [5, 5.41) is 11.1. The molecule has 0 unspecified atom stereocenters. The Morgan fingerprint density at radius 1 is 1.33 bits per heavy atom. The van der Waals surface area contributed by atoms with E-state index in [0.29, 0.717) is 17.6 Å². The van der Waals surface area contributed by atoms with E-state index < -0.39 is 0 Å². The molecule has 2 aliphatic carbocycles. The van der Waals surface area contributed by atoms with E-state index in [-0.39, 0.29) is 0 Å². The van der Waals surface area contributed by atoms with E-state index in [1.54, 1.807) is 6.20 Å². The van der Waals surface area contributed by atoms with Crippen LogP contribution in [0.4, 0.5) is 0 Å². The van der Waals surface area contributed by atoms with Crippen molar-refractivity contribution in [3.8, 4) is 11.3 Å². The molecule has 2 atom stereocenters. The van der Waals surface area contributed by atoms with Crippen LogP contribution in [0.3, 0.4) is 0 Å². The van der Waals surface area contributed by atoms with Crippen LogP contribution in [0.15, 0.2) is 30.7 Å². The summed E-state index contributed by atoms with van der Waals surface area (Å²) in [7, 11) is 0. The van der Waals surface area contributed by atoms with Crippen LogP contribution in [0, 0.1) is 5.41 Å². The molecule has 0 bridgehead atoms. The fraction of sp³-hybridized carbons (Fsp3) is 0.579. The Labute approximate surface area is 143 Å². The van der Waals surface area contributed by atoms with Crippen LogP contribution in [0.5, 0.6) is 0 Å². The minimum Gasteiger partial charge on any atom is -0.378 e. The molecule has 2 aromatic heterocycles. The summed E-state index contributed by atoms with van der Waals surface area (Å²) in [5.41, 5.74) is 3.73. The normalized spacial score (nSPS) is 25.0. The lowest BCUT2D eigenvalue weighted by molar-refractivity contribution is -0.130. The number of hydrogen-bond donors (Lipinski definition) is 2. The van der Waals surface area contributed by atoms with Gasteiger partial charge in [0.1, 0.15) is 0 Å². The monoisotopic (exact) mass is 326 g/mol. The van der Waals surface area contributed by atoms with Crippen LogP contribution in [0.25, 0.3) is 11.3 Å². The van der Waals surface area contributed by atoms with Crippen LogP contribution in [0.2, 0.25) is 0 Å². The van der Waals surface area contributed by atoms with Gasteiger partial charge in [0.25, 0.3) is 0 Å². The van der Waals surface area contributed by atoms with Gasteiger partial charge < -0.3 is 10.1 Å². The number of nitrogens with zero attached hydrogens (tertiary/aromatic N) is 2. The first-order valence-corrected chi connectivity index (χ1v) is 9.11. The second-order valence-corrected chi connectivity index (χ2v) is 7.07. The predicted octanol–water partition coefficient (Wildman–Crippen LogP) is 3.30. The van der Waals surface area contributed by atoms with Crippen molar-refractivity contribution in [2.24, 2.45) is 5.41 Å². The van der Waals surface area contributed by atoms with Gasteiger partial charge in [0, 0.05) is 48.1 Å². The van der Waals surface area contributed by atoms with E-state index in [0.717, 1.165) is 30.8 Å². The topological polar surface area (TPSA) is 62.8 Å². The number of ether oxygens (including phenoxy) is 1. The SMILES string of the molecule is CCO[C@@H]1C[C@H](NCc2cn[nH]c2-c2cccnc2)C12CCCC2. The Bertz CT molecular complexity index is 663. The summed E-state index contributed by atoms with van der Waals surface area (Å²) in [6.07, 6.45) is 12.5. The van der Waals surface area contributed by atoms with Crippen molar-refractivity contribution in [3.05, 3.63) is 36.3 Å². The third-order valence-corrected chi connectivity index (χ3v) is 5.89. The molecule has 128 valence electrons. The molecule has 2 heterocycles. The van der Waals surface area contributed by atoms with Crippen LogP contribution in [-0.2, 0) is 11.3 Å². The standard InChI is InChI=1S/C19H26N4O/c1-2-24-17-10-16(19(17)7-3-4-8-19)21-12-15-13-22-23-18(15)14-6-5-9-20-11-14/h5-6,9,11,13,16-17,21H,2-4,7-8,10,12H2,1H3,(H,22,23)/t16-,17+/m0/s1. The molecule has 0 aliphatic heterocycles. The van der Waals surface area contributed by atoms with Crippen molar-refractivity contribution >= 4 is 0 Å². The maximum absolute atomic E-state index is 6.01. The van der Waals surface area contributed by atoms with Crippen LogP contribution in [-0.4, -0.2) is 33.9 Å². The molecular weight excluding hydrogens is 300 g/mol. The lowest BCUT2D eigenvalue weighted by Gasteiger charge is -2.54. The highest BCUT2D eigenvalue weighted by Crippen LogP contribution is 2.54. The van der Waals surface area contributed by atoms with Gasteiger partial charge in [-0.3, -0.25) is 10.1 Å². The van der Waals surface area contributed by atoms with Crippen molar-refractivity contribution in [3.63, 3.8) is 0 Å². The van der Waals surface area contributed by atoms with Crippen LogP contribution in [0.1, 0.15) is 44.6 Å². The van der Waals surface area contributed by atoms with Crippen molar-refractivity contribution < 1.29 is 4.74 Å². The Hall–Kier alpha value is -1.72. The fourth-order valence-corrected chi connectivity index (χ4v) is 4.61. The summed E-state index contributed by atoms with van der Waals surface area (Å²) in [6, 6.07) is 4.59. The zero-order valence-electron chi connectivity index (χ0n) is 14.3. The number of hydrogen-bond acceptors (Lipinski definition) is 4. The first kappa shape index (κ1) is 15.8. The van der Waals surface area contributed by atoms with E-state index in [4.69, 9.17) is 4.74 Å². The lowest BCUT2D eigenvalue weighted by atomic mass is 9.60. The minimum atomic E-state index is 0.369. The van der Waals surface area contributed by atoms with Gasteiger partial charge in [-0.05, 0) is 38.3 Å². The van der Waals surface area contributed by atoms with Crippen molar-refractivity contribution in [2.45, 2.75) is 57.7 Å². The lowest BCUT2D eigenvalue weighted by Crippen LogP contribution is -2.62. The molecule has 5 heteroatoms. The number of aromatic amines is 1. The van der Waals surface area contributed by atoms with Crippen LogP contribution < -0.4 is 5.32 Å². The molecular formula is C19H26N4O. The first-order chi connectivity index (χ1) is 11.8. The van der Waals surface area contributed by atoms with Gasteiger partial charge in [-0.15, -0.1) is 0 Å². The maximum atomic E-state index is 6.01. The maximum Gasteiger partial charge on any atom is 0.0710 e.